The summed E-state index contributed by atoms with van der Waals surface area (Å²) in [6, 6.07) is 16.8. The molecule has 0 atom stereocenters. The first-order valence-electron chi connectivity index (χ1n) is 6.68. The van der Waals surface area contributed by atoms with E-state index in [1.807, 2.05) is 12.1 Å². The van der Waals surface area contributed by atoms with E-state index in [2.05, 4.69) is 48.6 Å². The molecule has 108 valence electrons. The zero-order valence-electron chi connectivity index (χ0n) is 12.1. The third-order valence-corrected chi connectivity index (χ3v) is 3.33. The summed E-state index contributed by atoms with van der Waals surface area (Å²) in [6.45, 7) is 4.07. The maximum Gasteiger partial charge on any atom is 0.118 e. The minimum Gasteiger partial charge on any atom is -0.497 e. The number of hydrogen-bond donors (Lipinski definition) is 1. The molecule has 0 heterocycles. The SMILES string of the molecule is Br.COc1ccc(CCNCc2ccccc2C)cc1. The number of halogens is 1. The molecule has 0 aliphatic rings. The molecule has 0 radical (unpaired) electrons. The molecular weight excluding hydrogens is 314 g/mol. The minimum absolute atomic E-state index is 0. The van der Waals surface area contributed by atoms with Gasteiger partial charge in [0.15, 0.2) is 0 Å². The maximum absolute atomic E-state index is 5.15. The summed E-state index contributed by atoms with van der Waals surface area (Å²) in [5, 5.41) is 3.49. The highest BCUT2D eigenvalue weighted by atomic mass is 79.9. The Bertz CT molecular complexity index is 511. The Morgan fingerprint density at radius 2 is 1.70 bits per heavy atom. The van der Waals surface area contributed by atoms with Gasteiger partial charge in [0.05, 0.1) is 7.11 Å². The predicted molar refractivity (Wildman–Crippen MR) is 89.9 cm³/mol. The molecule has 0 saturated heterocycles. The molecule has 2 aromatic rings. The number of nitrogens with one attached hydrogen (secondary N) is 1. The van der Waals surface area contributed by atoms with Gasteiger partial charge < -0.3 is 10.1 Å². The molecule has 0 aliphatic carbocycles. The molecule has 0 unspecified atom stereocenters. The number of ether oxygens (including phenoxy) is 1. The Balaban J connectivity index is 0.00000200. The van der Waals surface area contributed by atoms with Crippen LogP contribution in [0.2, 0.25) is 0 Å². The topological polar surface area (TPSA) is 21.3 Å². The first kappa shape index (κ1) is 16.7. The molecule has 0 bridgehead atoms. The first-order chi connectivity index (χ1) is 9.29. The van der Waals surface area contributed by atoms with Crippen molar-refractivity contribution in [1.29, 1.82) is 0 Å². The molecule has 0 amide bonds. The van der Waals surface area contributed by atoms with Crippen LogP contribution in [0.3, 0.4) is 0 Å². The molecule has 3 heteroatoms. The number of rotatable bonds is 6. The van der Waals surface area contributed by atoms with Crippen molar-refractivity contribution in [2.45, 2.75) is 19.9 Å². The van der Waals surface area contributed by atoms with Crippen molar-refractivity contribution < 1.29 is 4.74 Å². The molecule has 2 aromatic carbocycles. The fraction of sp³-hybridized carbons (Fsp3) is 0.294. The van der Waals surface area contributed by atoms with Gasteiger partial charge in [-0.05, 0) is 48.7 Å². The van der Waals surface area contributed by atoms with E-state index in [1.54, 1.807) is 7.11 Å². The first-order valence-corrected chi connectivity index (χ1v) is 6.68. The Hall–Kier alpha value is -1.32. The van der Waals surface area contributed by atoms with E-state index in [0.717, 1.165) is 25.3 Å². The lowest BCUT2D eigenvalue weighted by Gasteiger charge is -2.08. The standard InChI is InChI=1S/C17H21NO.BrH/c1-14-5-3-4-6-16(14)13-18-12-11-15-7-9-17(19-2)10-8-15;/h3-10,18H,11-13H2,1-2H3;1H. The second-order valence-electron chi connectivity index (χ2n) is 4.70. The molecule has 1 N–H and O–H groups in total. The second kappa shape index (κ2) is 8.77. The van der Waals surface area contributed by atoms with Gasteiger partial charge in [-0.15, -0.1) is 17.0 Å². The van der Waals surface area contributed by atoms with Gasteiger partial charge in [-0.2, -0.15) is 0 Å². The van der Waals surface area contributed by atoms with E-state index in [0.29, 0.717) is 0 Å². The highest BCUT2D eigenvalue weighted by Crippen LogP contribution is 2.11. The third kappa shape index (κ3) is 4.99. The third-order valence-electron chi connectivity index (χ3n) is 3.33. The van der Waals surface area contributed by atoms with Gasteiger partial charge >= 0.3 is 0 Å². The van der Waals surface area contributed by atoms with Crippen LogP contribution in [0.15, 0.2) is 48.5 Å². The molecule has 0 aromatic heterocycles. The average Bonchev–Trinajstić information content (AvgIpc) is 2.46. The second-order valence-corrected chi connectivity index (χ2v) is 4.70. The highest BCUT2D eigenvalue weighted by Gasteiger charge is 1.97. The lowest BCUT2D eigenvalue weighted by molar-refractivity contribution is 0.414. The van der Waals surface area contributed by atoms with Crippen molar-refractivity contribution in [2.75, 3.05) is 13.7 Å². The number of benzene rings is 2. The lowest BCUT2D eigenvalue weighted by atomic mass is 10.1. The van der Waals surface area contributed by atoms with Crippen molar-refractivity contribution in [3.63, 3.8) is 0 Å². The van der Waals surface area contributed by atoms with Crippen LogP contribution in [0.1, 0.15) is 16.7 Å². The summed E-state index contributed by atoms with van der Waals surface area (Å²) < 4.78 is 5.15. The van der Waals surface area contributed by atoms with E-state index in [-0.39, 0.29) is 17.0 Å². The molecule has 2 nitrogen and oxygen atoms in total. The summed E-state index contributed by atoms with van der Waals surface area (Å²) in [5.74, 6) is 0.914. The van der Waals surface area contributed by atoms with E-state index in [1.165, 1.54) is 16.7 Å². The molecule has 20 heavy (non-hydrogen) atoms. The van der Waals surface area contributed by atoms with E-state index >= 15 is 0 Å². The smallest absolute Gasteiger partial charge is 0.118 e. The van der Waals surface area contributed by atoms with Gasteiger partial charge in [0, 0.05) is 6.54 Å². The number of methoxy groups -OCH3 is 1. The molecule has 2 rings (SSSR count). The molecule has 0 aliphatic heterocycles. The minimum atomic E-state index is 0. The normalized spacial score (nSPS) is 9.90. The molecule has 0 saturated carbocycles. The number of aryl methyl sites for hydroxylation is 1. The van der Waals surface area contributed by atoms with Crippen LogP contribution in [-0.2, 0) is 13.0 Å². The Labute approximate surface area is 131 Å². The Kier molecular flexibility index (Phi) is 7.34. The van der Waals surface area contributed by atoms with Gasteiger partial charge in [-0.25, -0.2) is 0 Å². The zero-order valence-corrected chi connectivity index (χ0v) is 13.8. The molecule has 0 fully saturated rings. The van der Waals surface area contributed by atoms with E-state index < -0.39 is 0 Å². The zero-order chi connectivity index (χ0) is 13.5. The summed E-state index contributed by atoms with van der Waals surface area (Å²) in [5.41, 5.74) is 4.05. The van der Waals surface area contributed by atoms with Crippen LogP contribution in [0.25, 0.3) is 0 Å². The van der Waals surface area contributed by atoms with Gasteiger partial charge in [-0.1, -0.05) is 36.4 Å². The fourth-order valence-electron chi connectivity index (χ4n) is 2.06. The van der Waals surface area contributed by atoms with Crippen molar-refractivity contribution in [2.24, 2.45) is 0 Å². The van der Waals surface area contributed by atoms with Crippen LogP contribution in [-0.4, -0.2) is 13.7 Å². The Morgan fingerprint density at radius 1 is 1.00 bits per heavy atom. The van der Waals surface area contributed by atoms with Gasteiger partial charge in [0.1, 0.15) is 5.75 Å². The quantitative estimate of drug-likeness (QED) is 0.808. The lowest BCUT2D eigenvalue weighted by Crippen LogP contribution is -2.17. The maximum atomic E-state index is 5.15. The Morgan fingerprint density at radius 3 is 2.35 bits per heavy atom. The van der Waals surface area contributed by atoms with Crippen LogP contribution in [0, 0.1) is 6.92 Å². The monoisotopic (exact) mass is 335 g/mol. The largest absolute Gasteiger partial charge is 0.497 e. The predicted octanol–water partition coefficient (Wildman–Crippen LogP) is 3.91. The van der Waals surface area contributed by atoms with Gasteiger partial charge in [0.2, 0.25) is 0 Å². The molecule has 0 spiro atoms. The average molecular weight is 336 g/mol. The highest BCUT2D eigenvalue weighted by molar-refractivity contribution is 8.93. The van der Waals surface area contributed by atoms with Crippen LogP contribution >= 0.6 is 17.0 Å². The van der Waals surface area contributed by atoms with Gasteiger partial charge in [-0.3, -0.25) is 0 Å². The van der Waals surface area contributed by atoms with E-state index in [9.17, 15) is 0 Å². The van der Waals surface area contributed by atoms with Crippen molar-refractivity contribution in [3.05, 3.63) is 65.2 Å². The fourth-order valence-corrected chi connectivity index (χ4v) is 2.06. The summed E-state index contributed by atoms with van der Waals surface area (Å²) in [6.07, 6.45) is 1.04. The summed E-state index contributed by atoms with van der Waals surface area (Å²) in [4.78, 5) is 0. The van der Waals surface area contributed by atoms with E-state index in [4.69, 9.17) is 4.74 Å². The van der Waals surface area contributed by atoms with Gasteiger partial charge in [0.25, 0.3) is 0 Å². The summed E-state index contributed by atoms with van der Waals surface area (Å²) >= 11 is 0. The number of hydrogen-bond acceptors (Lipinski definition) is 2. The molecular formula is C17H22BrNO. The summed E-state index contributed by atoms with van der Waals surface area (Å²) in [7, 11) is 1.69. The van der Waals surface area contributed by atoms with Crippen molar-refractivity contribution in [1.82, 2.24) is 5.32 Å². The van der Waals surface area contributed by atoms with Crippen molar-refractivity contribution in [3.8, 4) is 5.75 Å². The van der Waals surface area contributed by atoms with Crippen molar-refractivity contribution >= 4 is 17.0 Å². The van der Waals surface area contributed by atoms with Crippen LogP contribution in [0.5, 0.6) is 5.75 Å². The van der Waals surface area contributed by atoms with Crippen LogP contribution < -0.4 is 10.1 Å². The van der Waals surface area contributed by atoms with Crippen LogP contribution in [0.4, 0.5) is 0 Å².